The molecule has 1 unspecified atom stereocenters. The monoisotopic (exact) mass is 245 g/mol. The third-order valence-corrected chi connectivity index (χ3v) is 1.45. The molecule has 0 aromatic rings. The normalized spacial score (nSPS) is 13.6. The quantitative estimate of drug-likeness (QED) is 0.645. The van der Waals surface area contributed by atoms with Crippen molar-refractivity contribution >= 4 is 5.91 Å². The average molecular weight is 245 g/mol. The summed E-state index contributed by atoms with van der Waals surface area (Å²) in [5.41, 5.74) is 0. The van der Waals surface area contributed by atoms with Crippen molar-refractivity contribution in [2.75, 3.05) is 33.5 Å². The second-order valence-electron chi connectivity index (χ2n) is 3.01. The van der Waals surface area contributed by atoms with E-state index < -0.39 is 31.3 Å². The number of nitrogens with one attached hydrogen (secondary N) is 1. The summed E-state index contributed by atoms with van der Waals surface area (Å²) in [5.74, 6) is -0.736. The lowest BCUT2D eigenvalue weighted by Gasteiger charge is -2.15. The van der Waals surface area contributed by atoms with Crippen LogP contribution in [0.1, 0.15) is 0 Å². The highest BCUT2D eigenvalue weighted by Gasteiger charge is 2.27. The van der Waals surface area contributed by atoms with Gasteiger partial charge in [-0.3, -0.25) is 4.79 Å². The van der Waals surface area contributed by atoms with Gasteiger partial charge >= 0.3 is 6.18 Å². The Morgan fingerprint density at radius 2 is 2.12 bits per heavy atom. The van der Waals surface area contributed by atoms with Crippen molar-refractivity contribution < 1.29 is 32.5 Å². The molecule has 0 rings (SSSR count). The van der Waals surface area contributed by atoms with Crippen molar-refractivity contribution in [2.24, 2.45) is 0 Å². The van der Waals surface area contributed by atoms with Gasteiger partial charge in [0.25, 0.3) is 0 Å². The molecule has 0 aromatic carbocycles. The number of aliphatic hydroxyl groups is 1. The van der Waals surface area contributed by atoms with Gasteiger partial charge in [-0.2, -0.15) is 13.2 Å². The molecule has 0 heterocycles. The number of aliphatic hydroxyl groups excluding tert-OH is 1. The van der Waals surface area contributed by atoms with E-state index in [0.717, 1.165) is 0 Å². The summed E-state index contributed by atoms with van der Waals surface area (Å²) in [6.45, 7) is -2.48. The van der Waals surface area contributed by atoms with Crippen molar-refractivity contribution in [3.8, 4) is 0 Å². The van der Waals surface area contributed by atoms with E-state index in [1.165, 1.54) is 7.11 Å². The molecule has 1 atom stereocenters. The van der Waals surface area contributed by atoms with Gasteiger partial charge in [0.2, 0.25) is 5.91 Å². The van der Waals surface area contributed by atoms with Crippen molar-refractivity contribution in [3.05, 3.63) is 0 Å². The molecule has 8 heteroatoms. The van der Waals surface area contributed by atoms with E-state index in [2.05, 4.69) is 14.8 Å². The summed E-state index contributed by atoms with van der Waals surface area (Å²) in [6, 6.07) is -0.646. The van der Waals surface area contributed by atoms with Gasteiger partial charge in [0.1, 0.15) is 13.2 Å². The number of carbonyl (C=O) groups is 1. The minimum absolute atomic E-state index is 0.0709. The zero-order valence-corrected chi connectivity index (χ0v) is 8.71. The molecule has 5 nitrogen and oxygen atoms in total. The summed E-state index contributed by atoms with van der Waals surface area (Å²) < 4.78 is 43.7. The lowest BCUT2D eigenvalue weighted by molar-refractivity contribution is -0.175. The van der Waals surface area contributed by atoms with Crippen LogP contribution in [-0.4, -0.2) is 56.8 Å². The summed E-state index contributed by atoms with van der Waals surface area (Å²) in [6.07, 6.45) is -4.46. The van der Waals surface area contributed by atoms with Crippen LogP contribution in [0.2, 0.25) is 0 Å². The molecular formula is C8H14F3NO4. The second-order valence-corrected chi connectivity index (χ2v) is 3.01. The van der Waals surface area contributed by atoms with Crippen LogP contribution in [0.3, 0.4) is 0 Å². The Hall–Kier alpha value is -0.860. The van der Waals surface area contributed by atoms with Gasteiger partial charge in [0.15, 0.2) is 0 Å². The highest BCUT2D eigenvalue weighted by molar-refractivity contribution is 5.77. The fourth-order valence-electron chi connectivity index (χ4n) is 0.870. The highest BCUT2D eigenvalue weighted by atomic mass is 19.4. The predicted molar refractivity (Wildman–Crippen MR) is 47.8 cm³/mol. The average Bonchev–Trinajstić information content (AvgIpc) is 2.15. The fourth-order valence-corrected chi connectivity index (χ4v) is 0.870. The van der Waals surface area contributed by atoms with E-state index in [-0.39, 0.29) is 13.2 Å². The highest BCUT2D eigenvalue weighted by Crippen LogP contribution is 2.13. The summed E-state index contributed by atoms with van der Waals surface area (Å²) in [5, 5.41) is 11.0. The summed E-state index contributed by atoms with van der Waals surface area (Å²) in [4.78, 5) is 11.0. The van der Waals surface area contributed by atoms with Crippen LogP contribution in [0.4, 0.5) is 13.2 Å². The summed E-state index contributed by atoms with van der Waals surface area (Å²) in [7, 11) is 1.37. The molecule has 96 valence electrons. The second kappa shape index (κ2) is 7.42. The van der Waals surface area contributed by atoms with Crippen LogP contribution in [0.5, 0.6) is 0 Å². The molecule has 2 N–H and O–H groups in total. The van der Waals surface area contributed by atoms with Gasteiger partial charge in [0.05, 0.1) is 19.3 Å². The minimum atomic E-state index is -4.46. The summed E-state index contributed by atoms with van der Waals surface area (Å²) >= 11 is 0. The number of amides is 1. The lowest BCUT2D eigenvalue weighted by atomic mass is 10.3. The zero-order chi connectivity index (χ0) is 12.6. The van der Waals surface area contributed by atoms with Gasteiger partial charge in [-0.1, -0.05) is 0 Å². The van der Waals surface area contributed by atoms with Crippen molar-refractivity contribution in [2.45, 2.75) is 12.2 Å². The van der Waals surface area contributed by atoms with Crippen LogP contribution < -0.4 is 5.32 Å². The Bertz CT molecular complexity index is 210. The molecule has 1 amide bonds. The smallest absolute Gasteiger partial charge is 0.394 e. The van der Waals surface area contributed by atoms with Crippen LogP contribution >= 0.6 is 0 Å². The van der Waals surface area contributed by atoms with E-state index in [0.29, 0.717) is 0 Å². The first-order chi connectivity index (χ1) is 7.39. The van der Waals surface area contributed by atoms with Crippen LogP contribution in [0.25, 0.3) is 0 Å². The van der Waals surface area contributed by atoms with Crippen molar-refractivity contribution in [3.63, 3.8) is 0 Å². The van der Waals surface area contributed by atoms with Crippen molar-refractivity contribution in [1.82, 2.24) is 5.32 Å². The van der Waals surface area contributed by atoms with Gasteiger partial charge in [-0.05, 0) is 0 Å². The molecule has 0 aliphatic rings. The SMILES string of the molecule is COCC(CO)NC(=O)COCC(F)(F)F. The fraction of sp³-hybridized carbons (Fsp3) is 0.875. The van der Waals surface area contributed by atoms with E-state index in [4.69, 9.17) is 5.11 Å². The molecule has 0 aliphatic heterocycles. The first-order valence-electron chi connectivity index (χ1n) is 4.42. The molecule has 0 radical (unpaired) electrons. The standard InChI is InChI=1S/C8H14F3NO4/c1-15-3-6(2-13)12-7(14)4-16-5-8(9,10)11/h6,13H,2-5H2,1H3,(H,12,14). The number of rotatable bonds is 7. The van der Waals surface area contributed by atoms with Gasteiger partial charge in [-0.15, -0.1) is 0 Å². The lowest BCUT2D eigenvalue weighted by Crippen LogP contribution is -2.42. The molecule has 0 spiro atoms. The minimum Gasteiger partial charge on any atom is -0.394 e. The first-order valence-corrected chi connectivity index (χ1v) is 4.42. The Kier molecular flexibility index (Phi) is 7.02. The Morgan fingerprint density at radius 1 is 1.50 bits per heavy atom. The third kappa shape index (κ3) is 8.45. The Labute approximate surface area is 90.5 Å². The molecular weight excluding hydrogens is 231 g/mol. The molecule has 0 aromatic heterocycles. The van der Waals surface area contributed by atoms with Crippen LogP contribution in [-0.2, 0) is 14.3 Å². The van der Waals surface area contributed by atoms with E-state index in [1.54, 1.807) is 0 Å². The number of hydrogen-bond donors (Lipinski definition) is 2. The van der Waals surface area contributed by atoms with E-state index >= 15 is 0 Å². The first kappa shape index (κ1) is 15.1. The maximum Gasteiger partial charge on any atom is 0.411 e. The molecule has 0 bridgehead atoms. The molecule has 0 aliphatic carbocycles. The predicted octanol–water partition coefficient (Wildman–Crippen LogP) is -0.311. The van der Waals surface area contributed by atoms with Gasteiger partial charge in [-0.25, -0.2) is 0 Å². The van der Waals surface area contributed by atoms with Gasteiger partial charge in [0, 0.05) is 7.11 Å². The van der Waals surface area contributed by atoms with Crippen LogP contribution in [0, 0.1) is 0 Å². The maximum absolute atomic E-state index is 11.6. The largest absolute Gasteiger partial charge is 0.411 e. The van der Waals surface area contributed by atoms with Gasteiger partial charge < -0.3 is 19.9 Å². The Morgan fingerprint density at radius 3 is 2.56 bits per heavy atom. The number of ether oxygens (including phenoxy) is 2. The third-order valence-electron chi connectivity index (χ3n) is 1.45. The van der Waals surface area contributed by atoms with E-state index in [1.807, 2.05) is 0 Å². The van der Waals surface area contributed by atoms with E-state index in [9.17, 15) is 18.0 Å². The van der Waals surface area contributed by atoms with Crippen molar-refractivity contribution in [1.29, 1.82) is 0 Å². The number of alkyl halides is 3. The number of halogens is 3. The number of carbonyl (C=O) groups excluding carboxylic acids is 1. The zero-order valence-electron chi connectivity index (χ0n) is 8.71. The van der Waals surface area contributed by atoms with Crippen LogP contribution in [0.15, 0.2) is 0 Å². The Balaban J connectivity index is 3.72. The molecule has 0 saturated heterocycles. The molecule has 0 fully saturated rings. The topological polar surface area (TPSA) is 67.8 Å². The number of hydrogen-bond acceptors (Lipinski definition) is 4. The maximum atomic E-state index is 11.6. The molecule has 0 saturated carbocycles. The number of methoxy groups -OCH3 is 1. The molecule has 16 heavy (non-hydrogen) atoms.